The largest absolute Gasteiger partial charge is 0.496 e. The summed E-state index contributed by atoms with van der Waals surface area (Å²) in [5.41, 5.74) is 3.55. The molecule has 0 fully saturated rings. The van der Waals surface area contributed by atoms with Gasteiger partial charge >= 0.3 is 0 Å². The first-order chi connectivity index (χ1) is 13.0. The van der Waals surface area contributed by atoms with E-state index in [2.05, 4.69) is 4.98 Å². The van der Waals surface area contributed by atoms with Crippen molar-refractivity contribution in [2.75, 3.05) is 7.11 Å². The van der Waals surface area contributed by atoms with E-state index in [9.17, 15) is 10.1 Å². The number of nitrogens with zero attached hydrogens (tertiary/aromatic N) is 2. The summed E-state index contributed by atoms with van der Waals surface area (Å²) >= 11 is 5.94. The number of halogens is 1. The SMILES string of the molecule is COc1ccc([N+](=O)[O-])cc1-c1nc2cc(-c3ccc(Cl)cc3)ccc2o1. The van der Waals surface area contributed by atoms with E-state index in [-0.39, 0.29) is 11.6 Å². The number of nitro groups is 1. The molecular weight excluding hydrogens is 368 g/mol. The summed E-state index contributed by atoms with van der Waals surface area (Å²) in [6.07, 6.45) is 0. The zero-order chi connectivity index (χ0) is 19.0. The van der Waals surface area contributed by atoms with Crippen molar-refractivity contribution in [3.05, 3.63) is 75.8 Å². The molecule has 1 aromatic heterocycles. The first-order valence-corrected chi connectivity index (χ1v) is 8.42. The van der Waals surface area contributed by atoms with Crippen molar-refractivity contribution in [3.63, 3.8) is 0 Å². The molecule has 0 saturated carbocycles. The molecule has 0 bridgehead atoms. The van der Waals surface area contributed by atoms with Gasteiger partial charge in [0.15, 0.2) is 5.58 Å². The quantitative estimate of drug-likeness (QED) is 0.333. The Morgan fingerprint density at radius 1 is 1.04 bits per heavy atom. The lowest BCUT2D eigenvalue weighted by Gasteiger charge is -2.04. The van der Waals surface area contributed by atoms with Crippen LogP contribution in [0.25, 0.3) is 33.7 Å². The Morgan fingerprint density at radius 3 is 2.48 bits per heavy atom. The Balaban J connectivity index is 1.81. The summed E-state index contributed by atoms with van der Waals surface area (Å²) in [6, 6.07) is 17.4. The van der Waals surface area contributed by atoms with Crippen LogP contribution in [0.4, 0.5) is 5.69 Å². The van der Waals surface area contributed by atoms with Crippen molar-refractivity contribution < 1.29 is 14.1 Å². The Morgan fingerprint density at radius 2 is 1.78 bits per heavy atom. The van der Waals surface area contributed by atoms with E-state index in [1.807, 2.05) is 42.5 Å². The van der Waals surface area contributed by atoms with Crippen LogP contribution in [0, 0.1) is 10.1 Å². The average Bonchev–Trinajstić information content (AvgIpc) is 3.11. The van der Waals surface area contributed by atoms with Crippen LogP contribution in [-0.4, -0.2) is 17.0 Å². The lowest BCUT2D eigenvalue weighted by atomic mass is 10.1. The molecule has 1 heterocycles. The Bertz CT molecular complexity index is 1150. The molecule has 4 rings (SSSR count). The number of methoxy groups -OCH3 is 1. The molecule has 0 N–H and O–H groups in total. The number of fused-ring (bicyclic) bond motifs is 1. The molecule has 27 heavy (non-hydrogen) atoms. The molecule has 4 aromatic rings. The number of aromatic nitrogens is 1. The van der Waals surface area contributed by atoms with Gasteiger partial charge in [-0.25, -0.2) is 4.98 Å². The van der Waals surface area contributed by atoms with Gasteiger partial charge in [0.25, 0.3) is 5.69 Å². The summed E-state index contributed by atoms with van der Waals surface area (Å²) in [5, 5.41) is 11.8. The van der Waals surface area contributed by atoms with E-state index in [4.69, 9.17) is 20.8 Å². The van der Waals surface area contributed by atoms with Crippen molar-refractivity contribution in [2.45, 2.75) is 0 Å². The van der Waals surface area contributed by atoms with Crippen LogP contribution in [0.15, 0.2) is 65.1 Å². The highest BCUT2D eigenvalue weighted by Crippen LogP contribution is 2.35. The summed E-state index contributed by atoms with van der Waals surface area (Å²) in [6.45, 7) is 0. The molecule has 0 aliphatic rings. The molecule has 0 radical (unpaired) electrons. The predicted octanol–water partition coefficient (Wildman–Crippen LogP) is 5.73. The highest BCUT2D eigenvalue weighted by molar-refractivity contribution is 6.30. The van der Waals surface area contributed by atoms with Crippen molar-refractivity contribution >= 4 is 28.4 Å². The first-order valence-electron chi connectivity index (χ1n) is 8.04. The van der Waals surface area contributed by atoms with Gasteiger partial charge in [-0.15, -0.1) is 0 Å². The van der Waals surface area contributed by atoms with Crippen LogP contribution < -0.4 is 4.74 Å². The summed E-state index contributed by atoms with van der Waals surface area (Å²) < 4.78 is 11.1. The smallest absolute Gasteiger partial charge is 0.270 e. The number of hydrogen-bond acceptors (Lipinski definition) is 5. The predicted molar refractivity (Wildman–Crippen MR) is 103 cm³/mol. The van der Waals surface area contributed by atoms with Gasteiger partial charge in [0.2, 0.25) is 5.89 Å². The van der Waals surface area contributed by atoms with Crippen LogP contribution in [0.1, 0.15) is 0 Å². The standard InChI is InChI=1S/C20H13ClN2O4/c1-26-18-9-7-15(23(24)25)11-16(18)20-22-17-10-13(4-8-19(17)27-20)12-2-5-14(21)6-3-12/h2-11H,1H3. The zero-order valence-corrected chi connectivity index (χ0v) is 14.9. The number of rotatable bonds is 4. The van der Waals surface area contributed by atoms with Gasteiger partial charge in [-0.1, -0.05) is 29.8 Å². The molecule has 0 saturated heterocycles. The zero-order valence-electron chi connectivity index (χ0n) is 14.2. The van der Waals surface area contributed by atoms with E-state index in [0.29, 0.717) is 27.4 Å². The van der Waals surface area contributed by atoms with Gasteiger partial charge in [-0.3, -0.25) is 10.1 Å². The normalized spacial score (nSPS) is 10.9. The van der Waals surface area contributed by atoms with Gasteiger partial charge in [-0.2, -0.15) is 0 Å². The molecule has 0 spiro atoms. The van der Waals surface area contributed by atoms with Gasteiger partial charge in [-0.05, 0) is 41.5 Å². The highest BCUT2D eigenvalue weighted by Gasteiger charge is 2.18. The minimum Gasteiger partial charge on any atom is -0.496 e. The fraction of sp³-hybridized carbons (Fsp3) is 0.0500. The Kier molecular flexibility index (Phi) is 4.25. The van der Waals surface area contributed by atoms with E-state index in [1.54, 1.807) is 0 Å². The number of nitro benzene ring substituents is 1. The van der Waals surface area contributed by atoms with Crippen molar-refractivity contribution in [3.8, 4) is 28.3 Å². The third-order valence-electron chi connectivity index (χ3n) is 4.19. The average molecular weight is 381 g/mol. The summed E-state index contributed by atoms with van der Waals surface area (Å²) in [5.74, 6) is 0.712. The molecule has 0 aliphatic heterocycles. The van der Waals surface area contributed by atoms with Crippen molar-refractivity contribution in [1.29, 1.82) is 0 Å². The fourth-order valence-corrected chi connectivity index (χ4v) is 2.97. The molecule has 3 aromatic carbocycles. The molecular formula is C20H13ClN2O4. The van der Waals surface area contributed by atoms with Crippen molar-refractivity contribution in [1.82, 2.24) is 4.98 Å². The fourth-order valence-electron chi connectivity index (χ4n) is 2.84. The summed E-state index contributed by atoms with van der Waals surface area (Å²) in [4.78, 5) is 15.1. The maximum absolute atomic E-state index is 11.1. The number of non-ortho nitro benzene ring substituents is 1. The van der Waals surface area contributed by atoms with Crippen LogP contribution >= 0.6 is 11.6 Å². The second-order valence-corrected chi connectivity index (χ2v) is 6.29. The van der Waals surface area contributed by atoms with Gasteiger partial charge in [0.1, 0.15) is 11.3 Å². The lowest BCUT2D eigenvalue weighted by molar-refractivity contribution is -0.384. The van der Waals surface area contributed by atoms with Gasteiger partial charge in [0, 0.05) is 17.2 Å². The maximum Gasteiger partial charge on any atom is 0.270 e. The maximum atomic E-state index is 11.1. The second kappa shape index (κ2) is 6.74. The third-order valence-corrected chi connectivity index (χ3v) is 4.44. The molecule has 0 aliphatic carbocycles. The molecule has 0 atom stereocenters. The Hall–Kier alpha value is -3.38. The topological polar surface area (TPSA) is 78.4 Å². The van der Waals surface area contributed by atoms with Gasteiger partial charge in [0.05, 0.1) is 17.6 Å². The van der Waals surface area contributed by atoms with Crippen LogP contribution in [0.2, 0.25) is 5.02 Å². The lowest BCUT2D eigenvalue weighted by Crippen LogP contribution is -1.92. The van der Waals surface area contributed by atoms with Crippen LogP contribution in [0.3, 0.4) is 0 Å². The number of benzene rings is 3. The molecule has 7 heteroatoms. The summed E-state index contributed by atoms with van der Waals surface area (Å²) in [7, 11) is 1.49. The minimum atomic E-state index is -0.468. The molecule has 134 valence electrons. The first kappa shape index (κ1) is 17.1. The number of hydrogen-bond donors (Lipinski definition) is 0. The Labute approximate surface area is 159 Å². The molecule has 0 unspecified atom stereocenters. The second-order valence-electron chi connectivity index (χ2n) is 5.85. The number of ether oxygens (including phenoxy) is 1. The van der Waals surface area contributed by atoms with E-state index in [1.165, 1.54) is 25.3 Å². The highest BCUT2D eigenvalue weighted by atomic mass is 35.5. The van der Waals surface area contributed by atoms with E-state index in [0.717, 1.165) is 11.1 Å². The van der Waals surface area contributed by atoms with Crippen LogP contribution in [-0.2, 0) is 0 Å². The minimum absolute atomic E-state index is 0.0603. The van der Waals surface area contributed by atoms with E-state index >= 15 is 0 Å². The van der Waals surface area contributed by atoms with Gasteiger partial charge < -0.3 is 9.15 Å². The van der Waals surface area contributed by atoms with E-state index < -0.39 is 4.92 Å². The molecule has 0 amide bonds. The monoisotopic (exact) mass is 380 g/mol. The molecule has 6 nitrogen and oxygen atoms in total. The van der Waals surface area contributed by atoms with Crippen LogP contribution in [0.5, 0.6) is 5.75 Å². The van der Waals surface area contributed by atoms with Crippen molar-refractivity contribution in [2.24, 2.45) is 0 Å². The third kappa shape index (κ3) is 3.22. The number of oxazole rings is 1.